The third kappa shape index (κ3) is 6.14. The van der Waals surface area contributed by atoms with Gasteiger partial charge in [-0.3, -0.25) is 4.79 Å². The zero-order valence-corrected chi connectivity index (χ0v) is 16.6. The number of amides is 1. The second-order valence-electron chi connectivity index (χ2n) is 6.73. The molecule has 0 saturated heterocycles. The molecule has 1 amide bonds. The second kappa shape index (κ2) is 9.82. The minimum absolute atomic E-state index is 0.207. The van der Waals surface area contributed by atoms with E-state index < -0.39 is 5.97 Å². The standard InChI is InChI=1S/C22H25NO6/c1-26-18-7-3-16(4-8-18)13-23(17-5-6-17)21(24)14-29-22(25)15-28-20-11-9-19(27-2)10-12-20/h3-4,7-12,17H,5-6,13-15H2,1-2H3. The molecule has 2 aromatic carbocycles. The van der Waals surface area contributed by atoms with E-state index in [0.717, 1.165) is 24.2 Å². The van der Waals surface area contributed by atoms with Gasteiger partial charge < -0.3 is 23.8 Å². The highest BCUT2D eigenvalue weighted by Crippen LogP contribution is 2.29. The van der Waals surface area contributed by atoms with Gasteiger partial charge in [-0.15, -0.1) is 0 Å². The summed E-state index contributed by atoms with van der Waals surface area (Å²) in [5, 5.41) is 0. The van der Waals surface area contributed by atoms with Crippen LogP contribution < -0.4 is 14.2 Å². The molecule has 1 saturated carbocycles. The summed E-state index contributed by atoms with van der Waals surface area (Å²) in [6.45, 7) is -0.0770. The van der Waals surface area contributed by atoms with Crippen molar-refractivity contribution in [1.29, 1.82) is 0 Å². The number of rotatable bonds is 10. The van der Waals surface area contributed by atoms with E-state index in [1.165, 1.54) is 0 Å². The molecule has 0 atom stereocenters. The molecule has 0 aliphatic heterocycles. The van der Waals surface area contributed by atoms with Crippen LogP contribution in [0, 0.1) is 0 Å². The molecule has 0 aromatic heterocycles. The predicted octanol–water partition coefficient (Wildman–Crippen LogP) is 2.82. The first kappa shape index (κ1) is 20.5. The van der Waals surface area contributed by atoms with Gasteiger partial charge in [0.05, 0.1) is 14.2 Å². The maximum Gasteiger partial charge on any atom is 0.344 e. The van der Waals surface area contributed by atoms with E-state index >= 15 is 0 Å². The van der Waals surface area contributed by atoms with Crippen molar-refractivity contribution >= 4 is 11.9 Å². The Balaban J connectivity index is 1.46. The van der Waals surface area contributed by atoms with E-state index in [2.05, 4.69) is 0 Å². The van der Waals surface area contributed by atoms with E-state index in [1.807, 2.05) is 24.3 Å². The lowest BCUT2D eigenvalue weighted by Crippen LogP contribution is -2.36. The van der Waals surface area contributed by atoms with Crippen LogP contribution in [0.3, 0.4) is 0 Å². The lowest BCUT2D eigenvalue weighted by atomic mass is 10.2. The van der Waals surface area contributed by atoms with Gasteiger partial charge >= 0.3 is 5.97 Å². The van der Waals surface area contributed by atoms with Crippen molar-refractivity contribution in [3.8, 4) is 17.2 Å². The number of esters is 1. The van der Waals surface area contributed by atoms with Crippen molar-refractivity contribution in [3.05, 3.63) is 54.1 Å². The molecule has 7 heteroatoms. The Morgan fingerprint density at radius 2 is 1.41 bits per heavy atom. The average Bonchev–Trinajstić information content (AvgIpc) is 3.60. The Morgan fingerprint density at radius 1 is 0.862 bits per heavy atom. The Hall–Kier alpha value is -3.22. The molecule has 1 aliphatic rings. The number of ether oxygens (including phenoxy) is 4. The maximum absolute atomic E-state index is 12.6. The number of carbonyl (C=O) groups is 2. The van der Waals surface area contributed by atoms with Gasteiger partial charge in [0.15, 0.2) is 13.2 Å². The molecule has 0 bridgehead atoms. The van der Waals surface area contributed by atoms with Gasteiger partial charge in [0, 0.05) is 12.6 Å². The zero-order valence-electron chi connectivity index (χ0n) is 16.6. The first-order chi connectivity index (χ1) is 14.1. The van der Waals surface area contributed by atoms with Crippen LogP contribution in [0.25, 0.3) is 0 Å². The molecule has 0 radical (unpaired) electrons. The molecule has 0 spiro atoms. The quantitative estimate of drug-likeness (QED) is 0.572. The van der Waals surface area contributed by atoms with Crippen LogP contribution >= 0.6 is 0 Å². The normalized spacial score (nSPS) is 12.8. The Labute approximate surface area is 170 Å². The van der Waals surface area contributed by atoms with Crippen LogP contribution in [0.15, 0.2) is 48.5 Å². The summed E-state index contributed by atoms with van der Waals surface area (Å²) in [4.78, 5) is 26.3. The third-order valence-corrected chi connectivity index (χ3v) is 4.59. The van der Waals surface area contributed by atoms with Gasteiger partial charge in [0.2, 0.25) is 0 Å². The third-order valence-electron chi connectivity index (χ3n) is 4.59. The van der Waals surface area contributed by atoms with Crippen LogP contribution in [-0.4, -0.2) is 50.3 Å². The van der Waals surface area contributed by atoms with E-state index in [0.29, 0.717) is 18.0 Å². The molecule has 154 valence electrons. The minimum atomic E-state index is -0.589. The fourth-order valence-corrected chi connectivity index (χ4v) is 2.82. The van der Waals surface area contributed by atoms with E-state index in [1.54, 1.807) is 43.4 Å². The summed E-state index contributed by atoms with van der Waals surface area (Å²) in [7, 11) is 3.19. The minimum Gasteiger partial charge on any atom is -0.497 e. The molecular weight excluding hydrogens is 374 g/mol. The maximum atomic E-state index is 12.6. The number of hydrogen-bond donors (Lipinski definition) is 0. The molecule has 1 aliphatic carbocycles. The van der Waals surface area contributed by atoms with Crippen molar-refractivity contribution in [2.75, 3.05) is 27.4 Å². The molecule has 1 fully saturated rings. The number of benzene rings is 2. The first-order valence-electron chi connectivity index (χ1n) is 9.44. The molecule has 0 N–H and O–H groups in total. The average molecular weight is 399 g/mol. The molecule has 7 nitrogen and oxygen atoms in total. The Kier molecular flexibility index (Phi) is 6.94. The highest BCUT2D eigenvalue weighted by atomic mass is 16.6. The number of nitrogens with zero attached hydrogens (tertiary/aromatic N) is 1. The molecule has 29 heavy (non-hydrogen) atoms. The zero-order chi connectivity index (χ0) is 20.6. The summed E-state index contributed by atoms with van der Waals surface area (Å²) < 4.78 is 20.7. The Bertz CT molecular complexity index is 814. The number of hydrogen-bond acceptors (Lipinski definition) is 6. The summed E-state index contributed by atoms with van der Waals surface area (Å²) in [6.07, 6.45) is 1.94. The van der Waals surface area contributed by atoms with Gasteiger partial charge in [-0.1, -0.05) is 12.1 Å². The van der Waals surface area contributed by atoms with Crippen LogP contribution in [-0.2, 0) is 20.9 Å². The monoisotopic (exact) mass is 399 g/mol. The lowest BCUT2D eigenvalue weighted by Gasteiger charge is -2.22. The van der Waals surface area contributed by atoms with Crippen LogP contribution in [0.4, 0.5) is 0 Å². The first-order valence-corrected chi connectivity index (χ1v) is 9.44. The largest absolute Gasteiger partial charge is 0.497 e. The van der Waals surface area contributed by atoms with Crippen LogP contribution in [0.2, 0.25) is 0 Å². The van der Waals surface area contributed by atoms with Gasteiger partial charge in [0.1, 0.15) is 17.2 Å². The van der Waals surface area contributed by atoms with E-state index in [-0.39, 0.29) is 25.2 Å². The number of carbonyl (C=O) groups excluding carboxylic acids is 2. The van der Waals surface area contributed by atoms with Crippen molar-refractivity contribution in [2.45, 2.75) is 25.4 Å². The summed E-state index contributed by atoms with van der Waals surface area (Å²) >= 11 is 0. The lowest BCUT2D eigenvalue weighted by molar-refractivity contribution is -0.154. The van der Waals surface area contributed by atoms with Gasteiger partial charge in [0.25, 0.3) is 5.91 Å². The van der Waals surface area contributed by atoms with Gasteiger partial charge in [-0.2, -0.15) is 0 Å². The van der Waals surface area contributed by atoms with Crippen molar-refractivity contribution in [3.63, 3.8) is 0 Å². The molecule has 2 aromatic rings. The van der Waals surface area contributed by atoms with Crippen LogP contribution in [0.1, 0.15) is 18.4 Å². The molecule has 3 rings (SSSR count). The van der Waals surface area contributed by atoms with Gasteiger partial charge in [-0.05, 0) is 54.8 Å². The van der Waals surface area contributed by atoms with Crippen molar-refractivity contribution < 1.29 is 28.5 Å². The van der Waals surface area contributed by atoms with Gasteiger partial charge in [-0.25, -0.2) is 4.79 Å². The second-order valence-corrected chi connectivity index (χ2v) is 6.73. The van der Waals surface area contributed by atoms with Crippen molar-refractivity contribution in [2.24, 2.45) is 0 Å². The van der Waals surface area contributed by atoms with Crippen molar-refractivity contribution in [1.82, 2.24) is 4.90 Å². The SMILES string of the molecule is COc1ccc(CN(C(=O)COC(=O)COc2ccc(OC)cc2)C2CC2)cc1. The van der Waals surface area contributed by atoms with E-state index in [9.17, 15) is 9.59 Å². The highest BCUT2D eigenvalue weighted by molar-refractivity contribution is 5.81. The summed E-state index contributed by atoms with van der Waals surface area (Å²) in [5.41, 5.74) is 1.00. The fraction of sp³-hybridized carbons (Fsp3) is 0.364. The predicted molar refractivity (Wildman–Crippen MR) is 106 cm³/mol. The number of methoxy groups -OCH3 is 2. The topological polar surface area (TPSA) is 74.3 Å². The summed E-state index contributed by atoms with van der Waals surface area (Å²) in [5.74, 6) is 1.19. The highest BCUT2D eigenvalue weighted by Gasteiger charge is 2.32. The molecule has 0 unspecified atom stereocenters. The molecular formula is C22H25NO6. The fourth-order valence-electron chi connectivity index (χ4n) is 2.82. The Morgan fingerprint density at radius 3 is 1.97 bits per heavy atom. The van der Waals surface area contributed by atoms with Crippen LogP contribution in [0.5, 0.6) is 17.2 Å². The van der Waals surface area contributed by atoms with E-state index in [4.69, 9.17) is 18.9 Å². The molecule has 0 heterocycles. The smallest absolute Gasteiger partial charge is 0.344 e. The summed E-state index contributed by atoms with van der Waals surface area (Å²) in [6, 6.07) is 14.6.